The highest BCUT2D eigenvalue weighted by Crippen LogP contribution is 2.27. The summed E-state index contributed by atoms with van der Waals surface area (Å²) in [6, 6.07) is 4.86. The molecule has 3 rings (SSSR count). The standard InChI is InChI=1S/C18H22N2O4/c1-11(2)8-16(21)19-12-5-6-14-15(9-12)18(23)20(17(14)22)10-13-4-3-7-24-13/h5-6,9,11,13H,3-4,7-8,10H2,1-2H3,(H,19,21)/t13-/m1/s1. The lowest BCUT2D eigenvalue weighted by atomic mass is 10.1. The van der Waals surface area contributed by atoms with Crippen molar-refractivity contribution in [2.24, 2.45) is 5.92 Å². The van der Waals surface area contributed by atoms with E-state index in [4.69, 9.17) is 4.74 Å². The number of benzene rings is 1. The molecular formula is C18H22N2O4. The van der Waals surface area contributed by atoms with Crippen molar-refractivity contribution in [3.63, 3.8) is 0 Å². The summed E-state index contributed by atoms with van der Waals surface area (Å²) in [5.74, 6) is -0.446. The minimum Gasteiger partial charge on any atom is -0.376 e. The predicted octanol–water partition coefficient (Wildman–Crippen LogP) is 2.45. The van der Waals surface area contributed by atoms with Gasteiger partial charge >= 0.3 is 0 Å². The third-order valence-electron chi connectivity index (χ3n) is 4.26. The third kappa shape index (κ3) is 3.33. The molecule has 6 heteroatoms. The van der Waals surface area contributed by atoms with E-state index in [2.05, 4.69) is 5.32 Å². The van der Waals surface area contributed by atoms with E-state index in [0.717, 1.165) is 12.8 Å². The molecule has 1 saturated heterocycles. The second kappa shape index (κ2) is 6.73. The molecule has 1 aromatic rings. The van der Waals surface area contributed by atoms with Gasteiger partial charge < -0.3 is 10.1 Å². The van der Waals surface area contributed by atoms with Gasteiger partial charge in [-0.05, 0) is 37.0 Å². The molecule has 1 N–H and O–H groups in total. The molecule has 2 aliphatic heterocycles. The van der Waals surface area contributed by atoms with Crippen LogP contribution in [0.2, 0.25) is 0 Å². The summed E-state index contributed by atoms with van der Waals surface area (Å²) in [6.45, 7) is 4.90. The summed E-state index contributed by atoms with van der Waals surface area (Å²) in [6.07, 6.45) is 2.16. The second-order valence-electron chi connectivity index (χ2n) is 6.76. The largest absolute Gasteiger partial charge is 0.376 e. The van der Waals surface area contributed by atoms with E-state index in [9.17, 15) is 14.4 Å². The molecule has 0 saturated carbocycles. The molecule has 24 heavy (non-hydrogen) atoms. The molecule has 128 valence electrons. The summed E-state index contributed by atoms with van der Waals surface area (Å²) in [7, 11) is 0. The zero-order chi connectivity index (χ0) is 17.3. The van der Waals surface area contributed by atoms with Crippen LogP contribution in [0.3, 0.4) is 0 Å². The highest BCUT2D eigenvalue weighted by Gasteiger charge is 2.37. The number of fused-ring (bicyclic) bond motifs is 1. The van der Waals surface area contributed by atoms with Crippen LogP contribution in [-0.4, -0.2) is 41.9 Å². The van der Waals surface area contributed by atoms with Crippen LogP contribution in [0.15, 0.2) is 18.2 Å². The van der Waals surface area contributed by atoms with Crippen molar-refractivity contribution in [2.45, 2.75) is 39.2 Å². The molecule has 6 nitrogen and oxygen atoms in total. The number of nitrogens with zero attached hydrogens (tertiary/aromatic N) is 1. The average Bonchev–Trinajstić information content (AvgIpc) is 3.10. The lowest BCUT2D eigenvalue weighted by molar-refractivity contribution is -0.116. The molecule has 0 unspecified atom stereocenters. The SMILES string of the molecule is CC(C)CC(=O)Nc1ccc2c(c1)C(=O)N(C[C@H]1CCCO1)C2=O. The highest BCUT2D eigenvalue weighted by atomic mass is 16.5. The Bertz CT molecular complexity index is 678. The van der Waals surface area contributed by atoms with Gasteiger partial charge in [0.25, 0.3) is 11.8 Å². The Hall–Kier alpha value is -2.21. The van der Waals surface area contributed by atoms with E-state index in [0.29, 0.717) is 36.4 Å². The second-order valence-corrected chi connectivity index (χ2v) is 6.76. The fourth-order valence-corrected chi connectivity index (χ4v) is 3.11. The molecular weight excluding hydrogens is 308 g/mol. The van der Waals surface area contributed by atoms with Crippen LogP contribution in [0.4, 0.5) is 5.69 Å². The van der Waals surface area contributed by atoms with Gasteiger partial charge in [-0.1, -0.05) is 13.8 Å². The van der Waals surface area contributed by atoms with Crippen LogP contribution >= 0.6 is 0 Å². The van der Waals surface area contributed by atoms with Crippen molar-refractivity contribution in [3.8, 4) is 0 Å². The first-order valence-corrected chi connectivity index (χ1v) is 8.37. The minimum atomic E-state index is -0.314. The Morgan fingerprint density at radius 2 is 2.04 bits per heavy atom. The van der Waals surface area contributed by atoms with Gasteiger partial charge in [0.2, 0.25) is 5.91 Å². The quantitative estimate of drug-likeness (QED) is 0.842. The number of anilines is 1. The first-order chi connectivity index (χ1) is 11.5. The molecule has 0 bridgehead atoms. The van der Waals surface area contributed by atoms with Crippen molar-refractivity contribution < 1.29 is 19.1 Å². The van der Waals surface area contributed by atoms with Crippen molar-refractivity contribution in [2.75, 3.05) is 18.5 Å². The summed E-state index contributed by atoms with van der Waals surface area (Å²) < 4.78 is 5.52. The fraction of sp³-hybridized carbons (Fsp3) is 0.500. The van der Waals surface area contributed by atoms with Crippen LogP contribution in [0.5, 0.6) is 0 Å². The van der Waals surface area contributed by atoms with Crippen LogP contribution < -0.4 is 5.32 Å². The minimum absolute atomic E-state index is 0.0718. The normalized spacial score (nSPS) is 20.0. The van der Waals surface area contributed by atoms with Gasteiger partial charge in [0.1, 0.15) is 0 Å². The number of rotatable bonds is 5. The molecule has 0 radical (unpaired) electrons. The van der Waals surface area contributed by atoms with Crippen molar-refractivity contribution in [1.29, 1.82) is 0 Å². The number of nitrogens with one attached hydrogen (secondary N) is 1. The smallest absolute Gasteiger partial charge is 0.261 e. The van der Waals surface area contributed by atoms with E-state index in [-0.39, 0.29) is 29.7 Å². The van der Waals surface area contributed by atoms with E-state index in [1.54, 1.807) is 18.2 Å². The lowest BCUT2D eigenvalue weighted by Gasteiger charge is -2.17. The zero-order valence-electron chi connectivity index (χ0n) is 14.0. The monoisotopic (exact) mass is 330 g/mol. The molecule has 0 spiro atoms. The zero-order valence-corrected chi connectivity index (χ0v) is 14.0. The number of hydrogen-bond acceptors (Lipinski definition) is 4. The molecule has 1 fully saturated rings. The summed E-state index contributed by atoms with van der Waals surface area (Å²) in [5.41, 5.74) is 1.28. The Morgan fingerprint density at radius 3 is 2.71 bits per heavy atom. The molecule has 2 aliphatic rings. The van der Waals surface area contributed by atoms with Gasteiger partial charge in [0, 0.05) is 18.7 Å². The van der Waals surface area contributed by atoms with Gasteiger partial charge in [0.05, 0.1) is 23.8 Å². The maximum Gasteiger partial charge on any atom is 0.261 e. The van der Waals surface area contributed by atoms with Crippen LogP contribution in [0, 0.1) is 5.92 Å². The summed E-state index contributed by atoms with van der Waals surface area (Å²) in [5, 5.41) is 2.78. The number of imide groups is 1. The maximum atomic E-state index is 12.5. The Kier molecular flexibility index (Phi) is 4.66. The summed E-state index contributed by atoms with van der Waals surface area (Å²) in [4.78, 5) is 38.1. The number of amides is 3. The predicted molar refractivity (Wildman–Crippen MR) is 88.9 cm³/mol. The van der Waals surface area contributed by atoms with Crippen molar-refractivity contribution in [3.05, 3.63) is 29.3 Å². The third-order valence-corrected chi connectivity index (χ3v) is 4.26. The van der Waals surface area contributed by atoms with E-state index in [1.165, 1.54) is 4.90 Å². The molecule has 3 amide bonds. The Morgan fingerprint density at radius 1 is 1.29 bits per heavy atom. The average molecular weight is 330 g/mol. The van der Waals surface area contributed by atoms with Gasteiger partial charge in [-0.3, -0.25) is 19.3 Å². The van der Waals surface area contributed by atoms with E-state index < -0.39 is 0 Å². The van der Waals surface area contributed by atoms with Crippen molar-refractivity contribution in [1.82, 2.24) is 4.90 Å². The maximum absolute atomic E-state index is 12.5. The first-order valence-electron chi connectivity index (χ1n) is 8.37. The number of hydrogen-bond donors (Lipinski definition) is 1. The number of carbonyl (C=O) groups is 3. The van der Waals surface area contributed by atoms with Gasteiger partial charge in [-0.15, -0.1) is 0 Å². The lowest BCUT2D eigenvalue weighted by Crippen LogP contribution is -2.36. The Labute approximate surface area is 141 Å². The molecule has 0 aromatic heterocycles. The van der Waals surface area contributed by atoms with E-state index >= 15 is 0 Å². The number of carbonyl (C=O) groups excluding carboxylic acids is 3. The van der Waals surface area contributed by atoms with E-state index in [1.807, 2.05) is 13.8 Å². The van der Waals surface area contributed by atoms with Crippen LogP contribution in [0.1, 0.15) is 53.8 Å². The van der Waals surface area contributed by atoms with Crippen LogP contribution in [-0.2, 0) is 9.53 Å². The van der Waals surface area contributed by atoms with Gasteiger partial charge in [-0.2, -0.15) is 0 Å². The number of ether oxygens (including phenoxy) is 1. The molecule has 0 aliphatic carbocycles. The van der Waals surface area contributed by atoms with Gasteiger partial charge in [0.15, 0.2) is 0 Å². The molecule has 1 atom stereocenters. The highest BCUT2D eigenvalue weighted by molar-refractivity contribution is 6.21. The molecule has 1 aromatic carbocycles. The first kappa shape index (κ1) is 16.6. The molecule has 2 heterocycles. The topological polar surface area (TPSA) is 75.7 Å². The summed E-state index contributed by atoms with van der Waals surface area (Å²) >= 11 is 0. The van der Waals surface area contributed by atoms with Crippen LogP contribution in [0.25, 0.3) is 0 Å². The Balaban J connectivity index is 1.74. The van der Waals surface area contributed by atoms with Crippen molar-refractivity contribution >= 4 is 23.4 Å². The van der Waals surface area contributed by atoms with Gasteiger partial charge in [-0.25, -0.2) is 0 Å². The fourth-order valence-electron chi connectivity index (χ4n) is 3.11.